The SMILES string of the molecule is Brc1ccsc1-c1scc2c1OCCO2. The number of hydrogen-bond donors (Lipinski definition) is 0. The summed E-state index contributed by atoms with van der Waals surface area (Å²) in [4.78, 5) is 2.37. The fourth-order valence-corrected chi connectivity index (χ4v) is 4.29. The fourth-order valence-electron chi connectivity index (χ4n) is 1.48. The van der Waals surface area contributed by atoms with Gasteiger partial charge in [-0.15, -0.1) is 22.7 Å². The van der Waals surface area contributed by atoms with E-state index in [1.165, 1.54) is 4.88 Å². The van der Waals surface area contributed by atoms with Crippen molar-refractivity contribution in [1.82, 2.24) is 0 Å². The Morgan fingerprint density at radius 3 is 2.80 bits per heavy atom. The Bertz CT molecular complexity index is 489. The van der Waals surface area contributed by atoms with Crippen molar-refractivity contribution in [3.63, 3.8) is 0 Å². The van der Waals surface area contributed by atoms with E-state index in [0.717, 1.165) is 20.8 Å². The molecule has 1 aliphatic heterocycles. The van der Waals surface area contributed by atoms with Crippen LogP contribution in [0.2, 0.25) is 0 Å². The molecule has 3 heterocycles. The Balaban J connectivity index is 2.13. The van der Waals surface area contributed by atoms with Crippen molar-refractivity contribution < 1.29 is 9.47 Å². The molecule has 0 spiro atoms. The molecule has 2 aromatic rings. The normalized spacial score (nSPS) is 14.2. The van der Waals surface area contributed by atoms with E-state index in [-0.39, 0.29) is 0 Å². The van der Waals surface area contributed by atoms with E-state index in [4.69, 9.17) is 9.47 Å². The Morgan fingerprint density at radius 2 is 2.00 bits per heavy atom. The van der Waals surface area contributed by atoms with E-state index in [0.29, 0.717) is 13.2 Å². The van der Waals surface area contributed by atoms with E-state index in [9.17, 15) is 0 Å². The first-order valence-corrected chi connectivity index (χ1v) is 7.02. The number of hydrogen-bond acceptors (Lipinski definition) is 4. The van der Waals surface area contributed by atoms with Crippen molar-refractivity contribution in [2.45, 2.75) is 0 Å². The van der Waals surface area contributed by atoms with Crippen LogP contribution in [-0.2, 0) is 0 Å². The van der Waals surface area contributed by atoms with Crippen molar-refractivity contribution in [3.05, 3.63) is 21.3 Å². The summed E-state index contributed by atoms with van der Waals surface area (Å²) in [6.07, 6.45) is 0. The maximum Gasteiger partial charge on any atom is 0.180 e. The fraction of sp³-hybridized carbons (Fsp3) is 0.200. The molecule has 0 radical (unpaired) electrons. The summed E-state index contributed by atoms with van der Waals surface area (Å²) >= 11 is 6.91. The minimum atomic E-state index is 0.639. The van der Waals surface area contributed by atoms with Gasteiger partial charge in [0, 0.05) is 9.85 Å². The van der Waals surface area contributed by atoms with Crippen LogP contribution >= 0.6 is 38.6 Å². The van der Waals surface area contributed by atoms with Crippen molar-refractivity contribution >= 4 is 38.6 Å². The molecule has 0 unspecified atom stereocenters. The highest BCUT2D eigenvalue weighted by Crippen LogP contribution is 2.49. The zero-order valence-corrected chi connectivity index (χ0v) is 10.9. The minimum absolute atomic E-state index is 0.639. The monoisotopic (exact) mass is 302 g/mol. The summed E-state index contributed by atoms with van der Waals surface area (Å²) in [6, 6.07) is 2.05. The third-order valence-corrected chi connectivity index (χ3v) is 5.07. The van der Waals surface area contributed by atoms with Gasteiger partial charge in [-0.25, -0.2) is 0 Å². The lowest BCUT2D eigenvalue weighted by Crippen LogP contribution is -2.14. The Labute approximate surface area is 104 Å². The molecule has 1 aliphatic rings. The molecule has 78 valence electrons. The van der Waals surface area contributed by atoms with E-state index in [2.05, 4.69) is 27.4 Å². The topological polar surface area (TPSA) is 18.5 Å². The molecule has 0 N–H and O–H groups in total. The zero-order chi connectivity index (χ0) is 10.3. The van der Waals surface area contributed by atoms with Crippen LogP contribution in [0.5, 0.6) is 11.5 Å². The largest absolute Gasteiger partial charge is 0.485 e. The van der Waals surface area contributed by atoms with Gasteiger partial charge >= 0.3 is 0 Å². The third-order valence-electron chi connectivity index (χ3n) is 2.12. The molecular formula is C10H7BrO2S2. The second kappa shape index (κ2) is 3.81. The summed E-state index contributed by atoms with van der Waals surface area (Å²) in [6.45, 7) is 1.29. The smallest absolute Gasteiger partial charge is 0.180 e. The molecule has 2 nitrogen and oxygen atoms in total. The maximum absolute atomic E-state index is 5.64. The molecule has 0 aliphatic carbocycles. The molecular weight excluding hydrogens is 296 g/mol. The number of thiophene rings is 2. The maximum atomic E-state index is 5.64. The number of fused-ring (bicyclic) bond motifs is 1. The van der Waals surface area contributed by atoms with Crippen LogP contribution in [0.25, 0.3) is 9.75 Å². The molecule has 3 rings (SSSR count). The van der Waals surface area contributed by atoms with Crippen LogP contribution in [0.15, 0.2) is 21.3 Å². The first kappa shape index (κ1) is 9.69. The Morgan fingerprint density at radius 1 is 1.13 bits per heavy atom. The van der Waals surface area contributed by atoms with Gasteiger partial charge in [0.2, 0.25) is 0 Å². The van der Waals surface area contributed by atoms with Crippen molar-refractivity contribution in [3.8, 4) is 21.3 Å². The molecule has 0 fully saturated rings. The molecule has 0 saturated carbocycles. The second-order valence-corrected chi connectivity index (χ2v) is 5.70. The molecule has 15 heavy (non-hydrogen) atoms. The first-order chi connectivity index (χ1) is 7.36. The third kappa shape index (κ3) is 1.58. The second-order valence-electron chi connectivity index (χ2n) is 3.05. The highest BCUT2D eigenvalue weighted by atomic mass is 79.9. The first-order valence-electron chi connectivity index (χ1n) is 4.46. The Hall–Kier alpha value is -0.520. The quantitative estimate of drug-likeness (QED) is 0.792. The standard InChI is InChI=1S/C10H7BrO2S2/c11-6-1-4-14-9(6)10-8-7(5-15-10)12-2-3-13-8/h1,4-5H,2-3H2. The van der Waals surface area contributed by atoms with E-state index in [1.807, 2.05) is 5.38 Å². The lowest BCUT2D eigenvalue weighted by Gasteiger charge is -2.15. The highest BCUT2D eigenvalue weighted by Gasteiger charge is 2.21. The summed E-state index contributed by atoms with van der Waals surface area (Å²) in [7, 11) is 0. The summed E-state index contributed by atoms with van der Waals surface area (Å²) < 4.78 is 12.3. The number of halogens is 1. The lowest BCUT2D eigenvalue weighted by molar-refractivity contribution is 0.174. The molecule has 2 aromatic heterocycles. The molecule has 0 saturated heterocycles. The number of rotatable bonds is 1. The van der Waals surface area contributed by atoms with Crippen molar-refractivity contribution in [1.29, 1.82) is 0 Å². The van der Waals surface area contributed by atoms with Gasteiger partial charge in [0.1, 0.15) is 13.2 Å². The highest BCUT2D eigenvalue weighted by molar-refractivity contribution is 9.10. The average molecular weight is 303 g/mol. The predicted octanol–water partition coefficient (Wildman–Crippen LogP) is 4.01. The minimum Gasteiger partial charge on any atom is -0.485 e. The van der Waals surface area contributed by atoms with Crippen LogP contribution in [0.4, 0.5) is 0 Å². The predicted molar refractivity (Wildman–Crippen MR) is 66.3 cm³/mol. The van der Waals surface area contributed by atoms with Crippen LogP contribution in [-0.4, -0.2) is 13.2 Å². The van der Waals surface area contributed by atoms with Gasteiger partial charge in [0.25, 0.3) is 0 Å². The van der Waals surface area contributed by atoms with Crippen LogP contribution in [0.3, 0.4) is 0 Å². The molecule has 0 atom stereocenters. The molecule has 5 heteroatoms. The van der Waals surface area contributed by atoms with Gasteiger partial charge in [-0.3, -0.25) is 0 Å². The van der Waals surface area contributed by atoms with Gasteiger partial charge in [0.15, 0.2) is 11.5 Å². The van der Waals surface area contributed by atoms with Gasteiger partial charge < -0.3 is 9.47 Å². The van der Waals surface area contributed by atoms with E-state index >= 15 is 0 Å². The van der Waals surface area contributed by atoms with Crippen LogP contribution < -0.4 is 9.47 Å². The molecule has 0 bridgehead atoms. The summed E-state index contributed by atoms with van der Waals surface area (Å²) in [5.41, 5.74) is 0. The number of ether oxygens (including phenoxy) is 2. The van der Waals surface area contributed by atoms with E-state index in [1.54, 1.807) is 22.7 Å². The molecule has 0 amide bonds. The van der Waals surface area contributed by atoms with Gasteiger partial charge in [-0.2, -0.15) is 0 Å². The van der Waals surface area contributed by atoms with Crippen LogP contribution in [0.1, 0.15) is 0 Å². The van der Waals surface area contributed by atoms with Crippen LogP contribution in [0, 0.1) is 0 Å². The zero-order valence-electron chi connectivity index (χ0n) is 7.66. The van der Waals surface area contributed by atoms with Crippen molar-refractivity contribution in [2.75, 3.05) is 13.2 Å². The van der Waals surface area contributed by atoms with Gasteiger partial charge in [0.05, 0.1) is 9.75 Å². The van der Waals surface area contributed by atoms with Crippen molar-refractivity contribution in [2.24, 2.45) is 0 Å². The Kier molecular flexibility index (Phi) is 2.46. The lowest BCUT2D eigenvalue weighted by atomic mass is 10.3. The van der Waals surface area contributed by atoms with Gasteiger partial charge in [-0.1, -0.05) is 0 Å². The van der Waals surface area contributed by atoms with E-state index < -0.39 is 0 Å². The average Bonchev–Trinajstić information content (AvgIpc) is 2.83. The summed E-state index contributed by atoms with van der Waals surface area (Å²) in [5, 5.41) is 4.07. The van der Waals surface area contributed by atoms with Gasteiger partial charge in [-0.05, 0) is 27.4 Å². The summed E-state index contributed by atoms with van der Waals surface area (Å²) in [5.74, 6) is 1.77. The molecule has 0 aromatic carbocycles.